The van der Waals surface area contributed by atoms with Crippen molar-refractivity contribution in [1.82, 2.24) is 15.0 Å². The van der Waals surface area contributed by atoms with Gasteiger partial charge in [0.15, 0.2) is 5.82 Å². The van der Waals surface area contributed by atoms with Gasteiger partial charge in [0.1, 0.15) is 6.26 Å². The largest absolute Gasteiger partial charge is 0.362 e. The number of amides is 3. The fourth-order valence-corrected chi connectivity index (χ4v) is 3.02. The minimum atomic E-state index is -0.168. The lowest BCUT2D eigenvalue weighted by atomic mass is 10.2. The number of carbonyl (C=O) groups excluding carboxylic acids is 2. The van der Waals surface area contributed by atoms with Crippen molar-refractivity contribution in [3.63, 3.8) is 0 Å². The highest BCUT2D eigenvalue weighted by Crippen LogP contribution is 2.29. The summed E-state index contributed by atoms with van der Waals surface area (Å²) in [5, 5.41) is 6.57. The SMILES string of the molecule is CC(=O)N(C[C@H]1CCCN1C(=O)Nc1nocc1C)C1CC1. The highest BCUT2D eigenvalue weighted by atomic mass is 16.5. The van der Waals surface area contributed by atoms with E-state index in [0.717, 1.165) is 31.2 Å². The first-order valence-electron chi connectivity index (χ1n) is 7.82. The molecular formula is C15H22N4O3. The van der Waals surface area contributed by atoms with E-state index in [9.17, 15) is 9.59 Å². The number of nitrogens with zero attached hydrogens (tertiary/aromatic N) is 3. The van der Waals surface area contributed by atoms with Gasteiger partial charge in [0, 0.05) is 31.6 Å². The van der Waals surface area contributed by atoms with Crippen molar-refractivity contribution in [3.8, 4) is 0 Å². The molecule has 2 heterocycles. The van der Waals surface area contributed by atoms with Crippen LogP contribution < -0.4 is 5.32 Å². The summed E-state index contributed by atoms with van der Waals surface area (Å²) in [5.41, 5.74) is 0.799. The quantitative estimate of drug-likeness (QED) is 0.922. The van der Waals surface area contributed by atoms with Crippen LogP contribution in [0, 0.1) is 6.92 Å². The van der Waals surface area contributed by atoms with Crippen LogP contribution in [0.4, 0.5) is 10.6 Å². The average molecular weight is 306 g/mol. The maximum atomic E-state index is 12.4. The highest BCUT2D eigenvalue weighted by molar-refractivity contribution is 5.89. The van der Waals surface area contributed by atoms with Crippen LogP contribution in [0.15, 0.2) is 10.8 Å². The van der Waals surface area contributed by atoms with Crippen molar-refractivity contribution in [2.75, 3.05) is 18.4 Å². The fourth-order valence-electron chi connectivity index (χ4n) is 3.02. The molecule has 2 aliphatic rings. The summed E-state index contributed by atoms with van der Waals surface area (Å²) in [7, 11) is 0. The van der Waals surface area contributed by atoms with E-state index in [1.54, 1.807) is 6.92 Å². The molecule has 1 saturated carbocycles. The van der Waals surface area contributed by atoms with E-state index in [1.807, 2.05) is 16.7 Å². The van der Waals surface area contributed by atoms with Crippen LogP contribution >= 0.6 is 0 Å². The number of aromatic nitrogens is 1. The fraction of sp³-hybridized carbons (Fsp3) is 0.667. The number of rotatable bonds is 4. The van der Waals surface area contributed by atoms with Gasteiger partial charge < -0.3 is 14.3 Å². The molecule has 1 aromatic heterocycles. The smallest absolute Gasteiger partial charge is 0.323 e. The standard InChI is InChI=1S/C15H22N4O3/c1-10-9-22-17-14(10)16-15(21)18-7-3-4-13(18)8-19(11(2)20)12-5-6-12/h9,12-13H,3-8H2,1-2H3,(H,16,17,21)/t13-/m1/s1. The second-order valence-corrected chi connectivity index (χ2v) is 6.17. The summed E-state index contributed by atoms with van der Waals surface area (Å²) < 4.78 is 4.84. The van der Waals surface area contributed by atoms with E-state index in [4.69, 9.17) is 4.52 Å². The normalized spacial score (nSPS) is 21.0. The maximum absolute atomic E-state index is 12.4. The molecule has 0 spiro atoms. The maximum Gasteiger partial charge on any atom is 0.323 e. The third-order valence-electron chi connectivity index (χ3n) is 4.41. The van der Waals surface area contributed by atoms with Gasteiger partial charge in [-0.2, -0.15) is 0 Å². The van der Waals surface area contributed by atoms with E-state index in [2.05, 4.69) is 10.5 Å². The number of carbonyl (C=O) groups is 2. The molecule has 1 saturated heterocycles. The summed E-state index contributed by atoms with van der Waals surface area (Å²) in [4.78, 5) is 27.9. The summed E-state index contributed by atoms with van der Waals surface area (Å²) >= 11 is 0. The van der Waals surface area contributed by atoms with E-state index >= 15 is 0 Å². The molecule has 3 rings (SSSR count). The number of aryl methyl sites for hydroxylation is 1. The molecule has 0 bridgehead atoms. The van der Waals surface area contributed by atoms with Crippen LogP contribution in [-0.4, -0.2) is 52.1 Å². The molecule has 1 atom stereocenters. The first-order chi connectivity index (χ1) is 10.6. The zero-order valence-electron chi connectivity index (χ0n) is 13.0. The Labute approximate surface area is 129 Å². The monoisotopic (exact) mass is 306 g/mol. The lowest BCUT2D eigenvalue weighted by molar-refractivity contribution is -0.130. The highest BCUT2D eigenvalue weighted by Gasteiger charge is 2.36. The van der Waals surface area contributed by atoms with Crippen molar-refractivity contribution in [2.45, 2.75) is 51.6 Å². The van der Waals surface area contributed by atoms with Crippen molar-refractivity contribution in [1.29, 1.82) is 0 Å². The van der Waals surface area contributed by atoms with E-state index in [0.29, 0.717) is 24.9 Å². The second kappa shape index (κ2) is 5.98. The first kappa shape index (κ1) is 14.9. The van der Waals surface area contributed by atoms with Crippen LogP contribution in [0.3, 0.4) is 0 Å². The molecule has 7 heteroatoms. The molecule has 120 valence electrons. The topological polar surface area (TPSA) is 78.7 Å². The van der Waals surface area contributed by atoms with Crippen molar-refractivity contribution < 1.29 is 14.1 Å². The summed E-state index contributed by atoms with van der Waals surface area (Å²) in [5.74, 6) is 0.559. The molecule has 1 N–H and O–H groups in total. The predicted molar refractivity (Wildman–Crippen MR) is 80.4 cm³/mol. The van der Waals surface area contributed by atoms with E-state index in [1.165, 1.54) is 6.26 Å². The number of urea groups is 1. The van der Waals surface area contributed by atoms with Crippen LogP contribution in [0.2, 0.25) is 0 Å². The minimum Gasteiger partial charge on any atom is -0.362 e. The Hall–Kier alpha value is -2.05. The van der Waals surface area contributed by atoms with Crippen LogP contribution in [0.1, 0.15) is 38.2 Å². The van der Waals surface area contributed by atoms with E-state index in [-0.39, 0.29) is 18.0 Å². The van der Waals surface area contributed by atoms with Crippen LogP contribution in [0.5, 0.6) is 0 Å². The minimum absolute atomic E-state index is 0.0803. The molecule has 0 radical (unpaired) electrons. The van der Waals surface area contributed by atoms with Crippen LogP contribution in [-0.2, 0) is 4.79 Å². The Morgan fingerprint density at radius 1 is 1.45 bits per heavy atom. The molecule has 1 aromatic rings. The Morgan fingerprint density at radius 2 is 2.23 bits per heavy atom. The van der Waals surface area contributed by atoms with Crippen molar-refractivity contribution in [3.05, 3.63) is 11.8 Å². The lowest BCUT2D eigenvalue weighted by Crippen LogP contribution is -2.46. The number of anilines is 1. The molecule has 2 fully saturated rings. The van der Waals surface area contributed by atoms with Gasteiger partial charge in [-0.3, -0.25) is 10.1 Å². The molecule has 7 nitrogen and oxygen atoms in total. The second-order valence-electron chi connectivity index (χ2n) is 6.17. The molecule has 1 aliphatic carbocycles. The van der Waals surface area contributed by atoms with Gasteiger partial charge in [-0.1, -0.05) is 5.16 Å². The predicted octanol–water partition coefficient (Wildman–Crippen LogP) is 1.99. The number of hydrogen-bond acceptors (Lipinski definition) is 4. The van der Waals surface area contributed by atoms with Gasteiger partial charge in [0.25, 0.3) is 0 Å². The molecule has 0 aromatic carbocycles. The molecule has 0 unspecified atom stereocenters. The molecular weight excluding hydrogens is 284 g/mol. The Balaban J connectivity index is 1.63. The zero-order valence-corrected chi connectivity index (χ0v) is 13.0. The Kier molecular flexibility index (Phi) is 4.04. The van der Waals surface area contributed by atoms with Gasteiger partial charge in [-0.15, -0.1) is 0 Å². The summed E-state index contributed by atoms with van der Waals surface area (Å²) in [6.07, 6.45) is 5.56. The number of likely N-dealkylation sites (tertiary alicyclic amines) is 1. The van der Waals surface area contributed by atoms with E-state index < -0.39 is 0 Å². The lowest BCUT2D eigenvalue weighted by Gasteiger charge is -2.30. The van der Waals surface area contributed by atoms with Crippen LogP contribution in [0.25, 0.3) is 0 Å². The third kappa shape index (κ3) is 3.08. The van der Waals surface area contributed by atoms with Crippen molar-refractivity contribution in [2.24, 2.45) is 0 Å². The summed E-state index contributed by atoms with van der Waals surface area (Å²) in [6, 6.07) is 0.288. The van der Waals surface area contributed by atoms with Gasteiger partial charge in [0.2, 0.25) is 5.91 Å². The Bertz CT molecular complexity index is 567. The number of nitrogens with one attached hydrogen (secondary N) is 1. The zero-order chi connectivity index (χ0) is 15.7. The Morgan fingerprint density at radius 3 is 2.82 bits per heavy atom. The van der Waals surface area contributed by atoms with Crippen molar-refractivity contribution >= 4 is 17.8 Å². The van der Waals surface area contributed by atoms with Gasteiger partial charge in [-0.25, -0.2) is 4.79 Å². The average Bonchev–Trinajstić information content (AvgIpc) is 3.07. The number of hydrogen-bond donors (Lipinski definition) is 1. The summed E-state index contributed by atoms with van der Waals surface area (Å²) in [6.45, 7) is 4.78. The van der Waals surface area contributed by atoms with Gasteiger partial charge in [-0.05, 0) is 32.6 Å². The molecule has 1 aliphatic heterocycles. The third-order valence-corrected chi connectivity index (χ3v) is 4.41. The van der Waals surface area contributed by atoms with Gasteiger partial charge >= 0.3 is 6.03 Å². The molecule has 3 amide bonds. The molecule has 22 heavy (non-hydrogen) atoms. The first-order valence-corrected chi connectivity index (χ1v) is 7.82. The van der Waals surface area contributed by atoms with Gasteiger partial charge in [0.05, 0.1) is 6.04 Å².